The molecule has 20 heavy (non-hydrogen) atoms. The lowest BCUT2D eigenvalue weighted by molar-refractivity contribution is -0.119. The Morgan fingerprint density at radius 1 is 1.50 bits per heavy atom. The van der Waals surface area contributed by atoms with Crippen LogP contribution >= 0.6 is 12.4 Å². The molecule has 1 fully saturated rings. The molecule has 0 radical (unpaired) electrons. The highest BCUT2D eigenvalue weighted by Gasteiger charge is 2.17. The molecule has 1 aliphatic rings. The first-order valence-corrected chi connectivity index (χ1v) is 6.36. The summed E-state index contributed by atoms with van der Waals surface area (Å²) in [5, 5.41) is 13.9. The van der Waals surface area contributed by atoms with Crippen LogP contribution in [0.3, 0.4) is 0 Å². The first kappa shape index (κ1) is 14.8. The molecule has 0 bridgehead atoms. The van der Waals surface area contributed by atoms with Gasteiger partial charge in [-0.05, 0) is 18.2 Å². The number of halogens is 1. The molecule has 2 heterocycles. The van der Waals surface area contributed by atoms with Crippen molar-refractivity contribution in [2.75, 3.05) is 25.0 Å². The molecule has 0 spiro atoms. The van der Waals surface area contributed by atoms with Gasteiger partial charge in [-0.2, -0.15) is 5.10 Å². The quantitative estimate of drug-likeness (QED) is 0.798. The maximum absolute atomic E-state index is 11.9. The Morgan fingerprint density at radius 2 is 2.40 bits per heavy atom. The number of anilines is 1. The van der Waals surface area contributed by atoms with Crippen LogP contribution in [0, 0.1) is 0 Å². The molecule has 0 aliphatic carbocycles. The van der Waals surface area contributed by atoms with E-state index in [9.17, 15) is 4.79 Å². The molecule has 2 aromatic rings. The van der Waals surface area contributed by atoms with E-state index in [2.05, 4.69) is 20.8 Å². The van der Waals surface area contributed by atoms with Crippen molar-refractivity contribution in [1.29, 1.82) is 0 Å². The summed E-state index contributed by atoms with van der Waals surface area (Å²) in [6, 6.07) is 5.66. The summed E-state index contributed by atoms with van der Waals surface area (Å²) in [6.45, 7) is 2.25. The summed E-state index contributed by atoms with van der Waals surface area (Å²) in [5.74, 6) is -0.0310. The zero-order chi connectivity index (χ0) is 13.1. The fourth-order valence-corrected chi connectivity index (χ4v) is 2.19. The molecule has 1 atom stereocenters. The number of aromatic amines is 1. The molecule has 3 rings (SSSR count). The molecule has 1 amide bonds. The number of morpholine rings is 1. The molecular formula is C13H17ClN4O2. The Hall–Kier alpha value is -1.63. The Balaban J connectivity index is 0.00000147. The number of carbonyl (C=O) groups excluding carboxylic acids is 1. The van der Waals surface area contributed by atoms with E-state index in [-0.39, 0.29) is 24.4 Å². The number of nitrogens with one attached hydrogen (secondary N) is 3. The van der Waals surface area contributed by atoms with Gasteiger partial charge in [0.1, 0.15) is 0 Å². The van der Waals surface area contributed by atoms with Crippen molar-refractivity contribution in [2.45, 2.75) is 12.5 Å². The molecule has 6 nitrogen and oxygen atoms in total. The summed E-state index contributed by atoms with van der Waals surface area (Å²) >= 11 is 0. The maximum Gasteiger partial charge on any atom is 0.227 e. The van der Waals surface area contributed by atoms with Gasteiger partial charge in [-0.15, -0.1) is 12.4 Å². The van der Waals surface area contributed by atoms with E-state index in [1.54, 1.807) is 6.20 Å². The van der Waals surface area contributed by atoms with Gasteiger partial charge in [0.15, 0.2) is 0 Å². The highest BCUT2D eigenvalue weighted by atomic mass is 35.5. The van der Waals surface area contributed by atoms with Crippen molar-refractivity contribution < 1.29 is 9.53 Å². The summed E-state index contributed by atoms with van der Waals surface area (Å²) in [7, 11) is 0. The number of hydrogen-bond acceptors (Lipinski definition) is 4. The van der Waals surface area contributed by atoms with Crippen molar-refractivity contribution in [3.05, 3.63) is 24.4 Å². The molecule has 3 N–H and O–H groups in total. The van der Waals surface area contributed by atoms with Crippen LogP contribution in [0.4, 0.5) is 5.69 Å². The Kier molecular flexibility index (Phi) is 4.94. The highest BCUT2D eigenvalue weighted by Crippen LogP contribution is 2.17. The monoisotopic (exact) mass is 296 g/mol. The van der Waals surface area contributed by atoms with E-state index in [1.165, 1.54) is 0 Å². The Labute approximate surface area is 122 Å². The van der Waals surface area contributed by atoms with E-state index in [0.717, 1.165) is 29.7 Å². The Morgan fingerprint density at radius 3 is 3.20 bits per heavy atom. The maximum atomic E-state index is 11.9. The number of H-pyrrole nitrogens is 1. The topological polar surface area (TPSA) is 79.0 Å². The molecule has 1 aromatic carbocycles. The minimum Gasteiger partial charge on any atom is -0.375 e. The lowest BCUT2D eigenvalue weighted by Gasteiger charge is -2.23. The number of nitrogens with zero attached hydrogens (tertiary/aromatic N) is 1. The number of fused-ring (bicyclic) bond motifs is 1. The van der Waals surface area contributed by atoms with Gasteiger partial charge in [0.05, 0.1) is 30.8 Å². The normalized spacial score (nSPS) is 18.5. The van der Waals surface area contributed by atoms with E-state index < -0.39 is 0 Å². The van der Waals surface area contributed by atoms with Gasteiger partial charge >= 0.3 is 0 Å². The summed E-state index contributed by atoms with van der Waals surface area (Å²) < 4.78 is 5.51. The zero-order valence-corrected chi connectivity index (χ0v) is 11.7. The minimum atomic E-state index is -0.0357. The van der Waals surface area contributed by atoms with Gasteiger partial charge in [-0.25, -0.2) is 0 Å². The van der Waals surface area contributed by atoms with Crippen LogP contribution in [0.1, 0.15) is 6.42 Å². The smallest absolute Gasteiger partial charge is 0.227 e. The average Bonchev–Trinajstić information content (AvgIpc) is 2.87. The molecule has 1 aromatic heterocycles. The number of aromatic nitrogens is 2. The lowest BCUT2D eigenvalue weighted by atomic mass is 10.2. The van der Waals surface area contributed by atoms with Crippen LogP contribution in [-0.4, -0.2) is 41.9 Å². The predicted octanol–water partition coefficient (Wildman–Crippen LogP) is 1.30. The third-order valence-corrected chi connectivity index (χ3v) is 3.14. The number of hydrogen-bond donors (Lipinski definition) is 3. The third-order valence-electron chi connectivity index (χ3n) is 3.14. The number of carbonyl (C=O) groups is 1. The van der Waals surface area contributed by atoms with Crippen molar-refractivity contribution >= 4 is 34.9 Å². The molecule has 7 heteroatoms. The van der Waals surface area contributed by atoms with Crippen LogP contribution in [-0.2, 0) is 9.53 Å². The first-order chi connectivity index (χ1) is 9.31. The largest absolute Gasteiger partial charge is 0.375 e. The van der Waals surface area contributed by atoms with Gasteiger partial charge in [0, 0.05) is 24.2 Å². The summed E-state index contributed by atoms with van der Waals surface area (Å²) in [4.78, 5) is 11.9. The van der Waals surface area contributed by atoms with Crippen LogP contribution in [0.5, 0.6) is 0 Å². The number of ether oxygens (including phenoxy) is 1. The van der Waals surface area contributed by atoms with Crippen LogP contribution in [0.15, 0.2) is 24.4 Å². The zero-order valence-electron chi connectivity index (χ0n) is 10.9. The SMILES string of the molecule is Cl.O=C(CC1CNCCO1)Nc1ccc2[nH]ncc2c1. The molecule has 0 saturated carbocycles. The molecule has 1 aliphatic heterocycles. The highest BCUT2D eigenvalue weighted by molar-refractivity contribution is 5.93. The number of amides is 1. The Bertz CT molecular complexity index is 581. The standard InChI is InChI=1S/C13H16N4O2.ClH/c18-13(6-11-8-14-3-4-19-11)16-10-1-2-12-9(5-10)7-15-17-12;/h1-2,5,7,11,14H,3-4,6,8H2,(H,15,17)(H,16,18);1H. The second kappa shape index (κ2) is 6.69. The second-order valence-electron chi connectivity index (χ2n) is 4.62. The van der Waals surface area contributed by atoms with Gasteiger partial charge in [-0.3, -0.25) is 9.89 Å². The lowest BCUT2D eigenvalue weighted by Crippen LogP contribution is -2.40. The fourth-order valence-electron chi connectivity index (χ4n) is 2.19. The van der Waals surface area contributed by atoms with Gasteiger partial charge in [0.2, 0.25) is 5.91 Å². The van der Waals surface area contributed by atoms with Crippen molar-refractivity contribution in [2.24, 2.45) is 0 Å². The van der Waals surface area contributed by atoms with Gasteiger partial charge < -0.3 is 15.4 Å². The first-order valence-electron chi connectivity index (χ1n) is 6.36. The predicted molar refractivity (Wildman–Crippen MR) is 79.2 cm³/mol. The molecule has 1 saturated heterocycles. The van der Waals surface area contributed by atoms with E-state index in [1.807, 2.05) is 18.2 Å². The number of benzene rings is 1. The van der Waals surface area contributed by atoms with Crippen LogP contribution in [0.2, 0.25) is 0 Å². The minimum absolute atomic E-state index is 0. The van der Waals surface area contributed by atoms with E-state index in [4.69, 9.17) is 4.74 Å². The van der Waals surface area contributed by atoms with Crippen LogP contribution < -0.4 is 10.6 Å². The molecular weight excluding hydrogens is 280 g/mol. The van der Waals surface area contributed by atoms with Gasteiger partial charge in [-0.1, -0.05) is 0 Å². The van der Waals surface area contributed by atoms with Crippen molar-refractivity contribution in [3.8, 4) is 0 Å². The third kappa shape index (κ3) is 3.47. The number of rotatable bonds is 3. The second-order valence-corrected chi connectivity index (χ2v) is 4.62. The molecule has 1 unspecified atom stereocenters. The van der Waals surface area contributed by atoms with E-state index >= 15 is 0 Å². The van der Waals surface area contributed by atoms with Crippen LogP contribution in [0.25, 0.3) is 10.9 Å². The van der Waals surface area contributed by atoms with Crippen molar-refractivity contribution in [1.82, 2.24) is 15.5 Å². The van der Waals surface area contributed by atoms with Crippen molar-refractivity contribution in [3.63, 3.8) is 0 Å². The van der Waals surface area contributed by atoms with Gasteiger partial charge in [0.25, 0.3) is 0 Å². The van der Waals surface area contributed by atoms with E-state index in [0.29, 0.717) is 13.0 Å². The average molecular weight is 297 g/mol. The summed E-state index contributed by atoms with van der Waals surface area (Å²) in [6.07, 6.45) is 2.07. The fraction of sp³-hybridized carbons (Fsp3) is 0.385. The summed E-state index contributed by atoms with van der Waals surface area (Å²) in [5.41, 5.74) is 1.74. The molecule has 108 valence electrons.